The van der Waals surface area contributed by atoms with Gasteiger partial charge in [-0.25, -0.2) is 0 Å². The first-order valence-corrected chi connectivity index (χ1v) is 21.4. The average molecular weight is 773 g/mol. The standard InChI is InChI=1S/C52H56N2O4/c1-5-9-15-37(7-3)35-55-43-27-23-41(24-28-43)53-45-17-11-13-19-49(45)57-51-33-39(21-31-47(51)53)40-22-32-48-52(34-40)58-50-20-14-12-18-46(50)54(48)42-25-29-44(30-26-42)56-36-38(8-4)16-10-6-2/h11-14,17-34,37-38H,5-10,15-16,35-36H2,1-4H3. The van der Waals surface area contributed by atoms with Crippen molar-refractivity contribution in [2.24, 2.45) is 11.8 Å². The third-order valence-corrected chi connectivity index (χ3v) is 11.6. The molecule has 6 aromatic carbocycles. The van der Waals surface area contributed by atoms with Crippen LogP contribution in [0.25, 0.3) is 11.1 Å². The minimum absolute atomic E-state index is 0.583. The SMILES string of the molecule is CCCCC(CC)COc1ccc(N2c3ccccc3Oc3cc(-c4ccc5c(c4)Oc4ccccc4N5c4ccc(OCC(CC)CCCC)cc4)ccc32)cc1. The summed E-state index contributed by atoms with van der Waals surface area (Å²) in [5.74, 6) is 6.18. The molecule has 2 atom stereocenters. The highest BCUT2D eigenvalue weighted by molar-refractivity contribution is 5.90. The maximum absolute atomic E-state index is 6.61. The van der Waals surface area contributed by atoms with E-state index in [9.17, 15) is 0 Å². The molecule has 2 aliphatic rings. The number of hydrogen-bond acceptors (Lipinski definition) is 6. The van der Waals surface area contributed by atoms with E-state index >= 15 is 0 Å². The summed E-state index contributed by atoms with van der Waals surface area (Å²) < 4.78 is 25.7. The van der Waals surface area contributed by atoms with Crippen LogP contribution in [0.4, 0.5) is 34.1 Å². The molecule has 0 bridgehead atoms. The molecule has 0 fully saturated rings. The molecule has 0 N–H and O–H groups in total. The van der Waals surface area contributed by atoms with Crippen LogP contribution < -0.4 is 28.7 Å². The minimum Gasteiger partial charge on any atom is -0.493 e. The second-order valence-electron chi connectivity index (χ2n) is 15.6. The van der Waals surface area contributed by atoms with Crippen molar-refractivity contribution in [2.45, 2.75) is 79.1 Å². The molecule has 2 unspecified atom stereocenters. The fourth-order valence-electron chi connectivity index (χ4n) is 8.04. The maximum Gasteiger partial charge on any atom is 0.152 e. The molecule has 2 aliphatic heterocycles. The number of unbranched alkanes of at least 4 members (excludes halogenated alkanes) is 2. The van der Waals surface area contributed by atoms with Gasteiger partial charge in [0.1, 0.15) is 11.5 Å². The average Bonchev–Trinajstić information content (AvgIpc) is 3.27. The van der Waals surface area contributed by atoms with E-state index in [1.165, 1.54) is 38.5 Å². The highest BCUT2D eigenvalue weighted by atomic mass is 16.5. The summed E-state index contributed by atoms with van der Waals surface area (Å²) in [6.45, 7) is 10.5. The van der Waals surface area contributed by atoms with Crippen molar-refractivity contribution in [1.29, 1.82) is 0 Å². The van der Waals surface area contributed by atoms with E-state index in [2.05, 4.69) is 147 Å². The van der Waals surface area contributed by atoms with Gasteiger partial charge in [0.15, 0.2) is 23.0 Å². The number of rotatable bonds is 17. The minimum atomic E-state index is 0.583. The lowest BCUT2D eigenvalue weighted by molar-refractivity contribution is 0.233. The maximum atomic E-state index is 6.61. The Morgan fingerprint density at radius 3 is 1.24 bits per heavy atom. The van der Waals surface area contributed by atoms with Crippen molar-refractivity contribution in [3.8, 4) is 45.6 Å². The normalized spacial score (nSPS) is 13.6. The molecule has 6 heteroatoms. The highest BCUT2D eigenvalue weighted by Gasteiger charge is 2.28. The fraction of sp³-hybridized carbons (Fsp3) is 0.308. The zero-order valence-corrected chi connectivity index (χ0v) is 34.5. The van der Waals surface area contributed by atoms with E-state index < -0.39 is 0 Å². The van der Waals surface area contributed by atoms with E-state index in [0.717, 1.165) is 106 Å². The molecular formula is C52H56N2O4. The molecule has 0 spiro atoms. The van der Waals surface area contributed by atoms with Crippen LogP contribution in [0, 0.1) is 11.8 Å². The smallest absolute Gasteiger partial charge is 0.152 e. The lowest BCUT2D eigenvalue weighted by Gasteiger charge is -2.34. The quantitative estimate of drug-likeness (QED) is 0.0918. The van der Waals surface area contributed by atoms with Gasteiger partial charge in [-0.2, -0.15) is 0 Å². The van der Waals surface area contributed by atoms with Crippen LogP contribution in [0.3, 0.4) is 0 Å². The summed E-state index contributed by atoms with van der Waals surface area (Å²) in [4.78, 5) is 4.54. The highest BCUT2D eigenvalue weighted by Crippen LogP contribution is 2.54. The van der Waals surface area contributed by atoms with Gasteiger partial charge in [-0.3, -0.25) is 0 Å². The molecule has 58 heavy (non-hydrogen) atoms. The van der Waals surface area contributed by atoms with Crippen molar-refractivity contribution >= 4 is 34.1 Å². The lowest BCUT2D eigenvalue weighted by atomic mass is 10.0. The first-order chi connectivity index (χ1) is 28.6. The topological polar surface area (TPSA) is 43.4 Å². The van der Waals surface area contributed by atoms with Crippen LogP contribution in [0.2, 0.25) is 0 Å². The zero-order valence-electron chi connectivity index (χ0n) is 34.5. The Labute approximate surface area is 345 Å². The van der Waals surface area contributed by atoms with Crippen molar-refractivity contribution in [3.05, 3.63) is 133 Å². The van der Waals surface area contributed by atoms with Gasteiger partial charge < -0.3 is 28.7 Å². The Hall–Kier alpha value is -5.88. The molecule has 0 aliphatic carbocycles. The Morgan fingerprint density at radius 1 is 0.448 bits per heavy atom. The van der Waals surface area contributed by atoms with Gasteiger partial charge in [-0.1, -0.05) is 103 Å². The number of hydrogen-bond donors (Lipinski definition) is 0. The van der Waals surface area contributed by atoms with Crippen molar-refractivity contribution in [2.75, 3.05) is 23.0 Å². The Kier molecular flexibility index (Phi) is 12.2. The van der Waals surface area contributed by atoms with E-state index in [0.29, 0.717) is 11.8 Å². The molecular weight excluding hydrogens is 717 g/mol. The van der Waals surface area contributed by atoms with Gasteiger partial charge in [0, 0.05) is 11.4 Å². The molecule has 0 amide bonds. The van der Waals surface area contributed by atoms with E-state index in [-0.39, 0.29) is 0 Å². The molecule has 8 rings (SSSR count). The van der Waals surface area contributed by atoms with Crippen LogP contribution in [0.15, 0.2) is 133 Å². The molecule has 0 aromatic heterocycles. The van der Waals surface area contributed by atoms with Gasteiger partial charge in [-0.05, 0) is 133 Å². The fourth-order valence-corrected chi connectivity index (χ4v) is 8.04. The Morgan fingerprint density at radius 2 is 0.845 bits per heavy atom. The van der Waals surface area contributed by atoms with Crippen molar-refractivity contribution < 1.29 is 18.9 Å². The Balaban J connectivity index is 1.05. The first-order valence-electron chi connectivity index (χ1n) is 21.4. The molecule has 2 heterocycles. The Bertz CT molecular complexity index is 2120. The van der Waals surface area contributed by atoms with E-state index in [4.69, 9.17) is 18.9 Å². The third kappa shape index (κ3) is 8.38. The van der Waals surface area contributed by atoms with Crippen LogP contribution >= 0.6 is 0 Å². The summed E-state index contributed by atoms with van der Waals surface area (Å²) in [7, 11) is 0. The molecule has 0 saturated carbocycles. The largest absolute Gasteiger partial charge is 0.493 e. The van der Waals surface area contributed by atoms with Gasteiger partial charge in [0.2, 0.25) is 0 Å². The lowest BCUT2D eigenvalue weighted by Crippen LogP contribution is -2.16. The second-order valence-corrected chi connectivity index (χ2v) is 15.6. The molecule has 0 radical (unpaired) electrons. The van der Waals surface area contributed by atoms with Gasteiger partial charge in [0.05, 0.1) is 36.0 Å². The van der Waals surface area contributed by atoms with Crippen LogP contribution in [-0.2, 0) is 0 Å². The third-order valence-electron chi connectivity index (χ3n) is 11.6. The number of para-hydroxylation sites is 4. The van der Waals surface area contributed by atoms with Gasteiger partial charge in [0.25, 0.3) is 0 Å². The zero-order chi connectivity index (χ0) is 39.8. The summed E-state index contributed by atoms with van der Waals surface area (Å²) in [5.41, 5.74) is 8.14. The van der Waals surface area contributed by atoms with Gasteiger partial charge in [-0.15, -0.1) is 0 Å². The van der Waals surface area contributed by atoms with Crippen molar-refractivity contribution in [3.63, 3.8) is 0 Å². The van der Waals surface area contributed by atoms with Gasteiger partial charge >= 0.3 is 0 Å². The van der Waals surface area contributed by atoms with Crippen LogP contribution in [0.1, 0.15) is 79.1 Å². The summed E-state index contributed by atoms with van der Waals surface area (Å²) in [6, 6.07) is 46.3. The summed E-state index contributed by atoms with van der Waals surface area (Å²) >= 11 is 0. The predicted molar refractivity (Wildman–Crippen MR) is 239 cm³/mol. The molecule has 6 aromatic rings. The molecule has 0 saturated heterocycles. The van der Waals surface area contributed by atoms with Crippen molar-refractivity contribution in [1.82, 2.24) is 0 Å². The molecule has 6 nitrogen and oxygen atoms in total. The molecule has 298 valence electrons. The second kappa shape index (κ2) is 18.1. The first kappa shape index (κ1) is 39.0. The van der Waals surface area contributed by atoms with Crippen LogP contribution in [-0.4, -0.2) is 13.2 Å². The predicted octanol–water partition coefficient (Wildman–Crippen LogP) is 15.7. The summed E-state index contributed by atoms with van der Waals surface area (Å²) in [6.07, 6.45) is 9.62. The van der Waals surface area contributed by atoms with E-state index in [1.807, 2.05) is 24.3 Å². The number of fused-ring (bicyclic) bond motifs is 4. The van der Waals surface area contributed by atoms with Crippen LogP contribution in [0.5, 0.6) is 34.5 Å². The number of nitrogens with zero attached hydrogens (tertiary/aromatic N) is 2. The number of benzene rings is 6. The number of anilines is 6. The summed E-state index contributed by atoms with van der Waals surface area (Å²) in [5, 5.41) is 0. The monoisotopic (exact) mass is 772 g/mol. The number of ether oxygens (including phenoxy) is 4. The van der Waals surface area contributed by atoms with E-state index in [1.54, 1.807) is 0 Å².